The summed E-state index contributed by atoms with van der Waals surface area (Å²) in [4.78, 5) is 0. The fraction of sp³-hybridized carbons (Fsp3) is 0.333. The summed E-state index contributed by atoms with van der Waals surface area (Å²) in [6.07, 6.45) is 3.89. The normalized spacial score (nSPS) is 10.9. The third-order valence-electron chi connectivity index (χ3n) is 3.43. The molecule has 0 aromatic heterocycles. The molecule has 0 heterocycles. The summed E-state index contributed by atoms with van der Waals surface area (Å²) in [5.74, 6) is 0. The van der Waals surface area contributed by atoms with Gasteiger partial charge in [-0.05, 0) is 45.0 Å². The van der Waals surface area contributed by atoms with Gasteiger partial charge in [-0.15, -0.1) is 0 Å². The third kappa shape index (κ3) is 3.91. The average Bonchev–Trinajstić information content (AvgIpc) is 2.43. The molecule has 0 aliphatic rings. The van der Waals surface area contributed by atoms with Gasteiger partial charge in [-0.3, -0.25) is 0 Å². The highest BCUT2D eigenvalue weighted by atomic mass is 31.1. The number of hydrogen-bond donors (Lipinski definition) is 0. The van der Waals surface area contributed by atoms with E-state index in [4.69, 9.17) is 0 Å². The van der Waals surface area contributed by atoms with E-state index in [9.17, 15) is 0 Å². The van der Waals surface area contributed by atoms with Crippen molar-refractivity contribution in [2.24, 2.45) is 0 Å². The smallest absolute Gasteiger partial charge is 0.0195 e. The highest BCUT2D eigenvalue weighted by Crippen LogP contribution is 2.34. The van der Waals surface area contributed by atoms with Gasteiger partial charge in [0.1, 0.15) is 0 Å². The molecule has 2 aromatic carbocycles. The molecule has 0 aliphatic heterocycles. The predicted octanol–water partition coefficient (Wildman–Crippen LogP) is 4.54. The molecule has 19 heavy (non-hydrogen) atoms. The van der Waals surface area contributed by atoms with Crippen molar-refractivity contribution in [3.63, 3.8) is 0 Å². The molecule has 0 radical (unpaired) electrons. The van der Waals surface area contributed by atoms with Crippen LogP contribution in [0.5, 0.6) is 0 Å². The Kier molecular flexibility index (Phi) is 5.16. The molecule has 0 fully saturated rings. The van der Waals surface area contributed by atoms with Crippen LogP contribution in [0.25, 0.3) is 0 Å². The molecule has 0 aliphatic carbocycles. The molecule has 100 valence electrons. The van der Waals surface area contributed by atoms with Crippen LogP contribution < -0.4 is 10.6 Å². The van der Waals surface area contributed by atoms with E-state index in [-0.39, 0.29) is 7.92 Å². The molecule has 0 N–H and O–H groups in total. The minimum atomic E-state index is -0.182. The average molecular weight is 270 g/mol. The van der Waals surface area contributed by atoms with Gasteiger partial charge in [-0.2, -0.15) is 0 Å². The van der Waals surface area contributed by atoms with E-state index in [0.29, 0.717) is 0 Å². The minimum absolute atomic E-state index is 0.182. The van der Waals surface area contributed by atoms with Gasteiger partial charge in [0.25, 0.3) is 0 Å². The summed E-state index contributed by atoms with van der Waals surface area (Å²) in [5.41, 5.74) is 2.69. The Balaban J connectivity index is 2.29. The Morgan fingerprint density at radius 2 is 1.16 bits per heavy atom. The van der Waals surface area contributed by atoms with Crippen LogP contribution in [0.1, 0.15) is 30.9 Å². The van der Waals surface area contributed by atoms with Crippen LogP contribution in [-0.2, 0) is 0 Å². The van der Waals surface area contributed by atoms with Gasteiger partial charge in [-0.1, -0.05) is 73.0 Å². The summed E-state index contributed by atoms with van der Waals surface area (Å²) in [6.45, 7) is 6.59. The Hall–Kier alpha value is -1.13. The second kappa shape index (κ2) is 6.87. The van der Waals surface area contributed by atoms with Gasteiger partial charge in [0.05, 0.1) is 0 Å². The molecule has 1 heteroatoms. The van der Waals surface area contributed by atoms with Crippen molar-refractivity contribution in [2.75, 3.05) is 6.16 Å². The van der Waals surface area contributed by atoms with Gasteiger partial charge in [-0.25, -0.2) is 0 Å². The molecule has 0 nitrogen and oxygen atoms in total. The van der Waals surface area contributed by atoms with Crippen LogP contribution >= 0.6 is 7.92 Å². The van der Waals surface area contributed by atoms with Gasteiger partial charge in [0.15, 0.2) is 0 Å². The van der Waals surface area contributed by atoms with Crippen LogP contribution in [0.3, 0.4) is 0 Å². The molecule has 0 amide bonds. The summed E-state index contributed by atoms with van der Waals surface area (Å²) in [7, 11) is -0.182. The second-order valence-electron chi connectivity index (χ2n) is 5.18. The second-order valence-corrected chi connectivity index (χ2v) is 7.51. The molecule has 2 aromatic rings. The first kappa shape index (κ1) is 14.3. The van der Waals surface area contributed by atoms with Gasteiger partial charge in [0, 0.05) is 0 Å². The first-order valence-electron chi connectivity index (χ1n) is 7.11. The van der Waals surface area contributed by atoms with Crippen LogP contribution in [0.4, 0.5) is 0 Å². The molecular formula is C18H23P. The molecule has 0 saturated carbocycles. The highest BCUT2D eigenvalue weighted by Gasteiger charge is 2.12. The molecule has 2 rings (SSSR count). The monoisotopic (exact) mass is 270 g/mol. The zero-order valence-corrected chi connectivity index (χ0v) is 13.1. The molecular weight excluding hydrogens is 247 g/mol. The lowest BCUT2D eigenvalue weighted by atomic mass is 10.2. The maximum atomic E-state index is 2.32. The van der Waals surface area contributed by atoms with Crippen LogP contribution in [0.2, 0.25) is 0 Å². The molecule has 0 saturated heterocycles. The summed E-state index contributed by atoms with van der Waals surface area (Å²) < 4.78 is 0. The number of unbranched alkanes of at least 4 members (excludes halogenated alkanes) is 1. The fourth-order valence-corrected chi connectivity index (χ4v) is 4.64. The van der Waals surface area contributed by atoms with Crippen molar-refractivity contribution < 1.29 is 0 Å². The zero-order chi connectivity index (χ0) is 13.7. The first-order valence-corrected chi connectivity index (χ1v) is 8.64. The summed E-state index contributed by atoms with van der Waals surface area (Å²) >= 11 is 0. The highest BCUT2D eigenvalue weighted by molar-refractivity contribution is 7.73. The number of benzene rings is 2. The van der Waals surface area contributed by atoms with Crippen molar-refractivity contribution in [3.05, 3.63) is 59.7 Å². The third-order valence-corrected chi connectivity index (χ3v) is 6.03. The number of aryl methyl sites for hydroxylation is 2. The van der Waals surface area contributed by atoms with Crippen molar-refractivity contribution in [2.45, 2.75) is 33.6 Å². The fourth-order valence-electron chi connectivity index (χ4n) is 2.17. The lowest BCUT2D eigenvalue weighted by Gasteiger charge is -2.19. The zero-order valence-electron chi connectivity index (χ0n) is 12.2. The topological polar surface area (TPSA) is 0 Å². The lowest BCUT2D eigenvalue weighted by Crippen LogP contribution is -2.14. The van der Waals surface area contributed by atoms with Crippen molar-refractivity contribution >= 4 is 18.5 Å². The van der Waals surface area contributed by atoms with Crippen LogP contribution in [0.15, 0.2) is 48.5 Å². The van der Waals surface area contributed by atoms with Crippen molar-refractivity contribution in [1.82, 2.24) is 0 Å². The Morgan fingerprint density at radius 3 is 1.53 bits per heavy atom. The number of rotatable bonds is 5. The van der Waals surface area contributed by atoms with Crippen LogP contribution in [0, 0.1) is 13.8 Å². The largest absolute Gasteiger partial charge is 0.0654 e. The number of hydrogen-bond acceptors (Lipinski definition) is 0. The first-order chi connectivity index (χ1) is 9.20. The Bertz CT molecular complexity index is 451. The van der Waals surface area contributed by atoms with Crippen molar-refractivity contribution in [1.29, 1.82) is 0 Å². The van der Waals surface area contributed by atoms with E-state index in [1.54, 1.807) is 0 Å². The van der Waals surface area contributed by atoms with E-state index in [1.807, 2.05) is 0 Å². The Labute approximate surface area is 118 Å². The van der Waals surface area contributed by atoms with E-state index in [0.717, 1.165) is 0 Å². The standard InChI is InChI=1S/C18H23P/c1-4-5-14-19(17-10-6-15(2)7-11-17)18-12-8-16(3)9-13-18/h6-13H,4-5,14H2,1-3H3. The van der Waals surface area contributed by atoms with Crippen LogP contribution in [-0.4, -0.2) is 6.16 Å². The summed E-state index contributed by atoms with van der Waals surface area (Å²) in [6, 6.07) is 18.2. The predicted molar refractivity (Wildman–Crippen MR) is 88.3 cm³/mol. The quantitative estimate of drug-likeness (QED) is 0.700. The Morgan fingerprint density at radius 1 is 0.737 bits per heavy atom. The van der Waals surface area contributed by atoms with E-state index < -0.39 is 0 Å². The van der Waals surface area contributed by atoms with Gasteiger partial charge >= 0.3 is 0 Å². The van der Waals surface area contributed by atoms with Gasteiger partial charge in [0.2, 0.25) is 0 Å². The molecule has 0 atom stereocenters. The van der Waals surface area contributed by atoms with E-state index in [1.165, 1.54) is 40.7 Å². The summed E-state index contributed by atoms with van der Waals surface area (Å²) in [5, 5.41) is 3.02. The van der Waals surface area contributed by atoms with Gasteiger partial charge < -0.3 is 0 Å². The maximum Gasteiger partial charge on any atom is -0.0195 e. The van der Waals surface area contributed by atoms with E-state index in [2.05, 4.69) is 69.3 Å². The maximum absolute atomic E-state index is 2.32. The minimum Gasteiger partial charge on any atom is -0.0654 e. The molecule has 0 bridgehead atoms. The molecule has 0 spiro atoms. The molecule has 0 unspecified atom stereocenters. The van der Waals surface area contributed by atoms with E-state index >= 15 is 0 Å². The lowest BCUT2D eigenvalue weighted by molar-refractivity contribution is 0.893. The SMILES string of the molecule is CCCCP(c1ccc(C)cc1)c1ccc(C)cc1. The van der Waals surface area contributed by atoms with Crippen molar-refractivity contribution in [3.8, 4) is 0 Å².